The van der Waals surface area contributed by atoms with Crippen molar-refractivity contribution in [2.45, 2.75) is 6.18 Å². The number of rotatable bonds is 4. The van der Waals surface area contributed by atoms with Crippen LogP contribution in [0.4, 0.5) is 33.5 Å². The second-order valence-corrected chi connectivity index (χ2v) is 6.88. The molecule has 0 bridgehead atoms. The number of nitrogens with one attached hydrogen (secondary N) is 1. The van der Waals surface area contributed by atoms with Gasteiger partial charge >= 0.3 is 6.18 Å². The highest BCUT2D eigenvalue weighted by Crippen LogP contribution is 2.30. The van der Waals surface area contributed by atoms with E-state index in [0.717, 1.165) is 24.4 Å². The Bertz CT molecular complexity index is 916. The number of alkyl halides is 3. The molecule has 3 rings (SSSR count). The molecule has 0 aliphatic carbocycles. The number of thiocarbonyl (C=S) groups is 1. The van der Waals surface area contributed by atoms with Gasteiger partial charge in [0.15, 0.2) is 5.11 Å². The van der Waals surface area contributed by atoms with Crippen LogP contribution in [-0.4, -0.2) is 42.5 Å². The summed E-state index contributed by atoms with van der Waals surface area (Å²) >= 11 is 4.58. The fourth-order valence-corrected chi connectivity index (χ4v) is 3.08. The zero-order chi connectivity index (χ0) is 21.9. The van der Waals surface area contributed by atoms with E-state index in [1.165, 1.54) is 12.3 Å². The van der Waals surface area contributed by atoms with Crippen LogP contribution in [0.25, 0.3) is 0 Å². The van der Waals surface area contributed by atoms with Crippen LogP contribution in [0.3, 0.4) is 0 Å². The number of pyridine rings is 1. The summed E-state index contributed by atoms with van der Waals surface area (Å²) in [6.45, 7) is 1.23. The van der Waals surface area contributed by atoms with Crippen molar-refractivity contribution in [2.24, 2.45) is 10.8 Å². The molecule has 1 aliphatic rings. The van der Waals surface area contributed by atoms with Crippen LogP contribution in [0.1, 0.15) is 11.1 Å². The normalized spacial score (nSPS) is 15.0. The van der Waals surface area contributed by atoms with Crippen LogP contribution in [0.2, 0.25) is 0 Å². The standard InChI is InChI=1S/C18H17F5N6S/c19-13-7-11(9-26-27-17(24)30)8-14(20)16(13)29-5-3-28(4-6-29)15-2-1-12(10-25-15)18(21,22)23/h1-2,7-10H,3-6H2,(H3,24,27,30). The molecule has 0 radical (unpaired) electrons. The topological polar surface area (TPSA) is 69.8 Å². The Morgan fingerprint density at radius 3 is 2.20 bits per heavy atom. The van der Waals surface area contributed by atoms with Gasteiger partial charge in [0.05, 0.1) is 11.8 Å². The Kier molecular flexibility index (Phi) is 6.34. The Labute approximate surface area is 174 Å². The minimum absolute atomic E-state index is 0.0794. The highest BCUT2D eigenvalue weighted by molar-refractivity contribution is 7.80. The predicted octanol–water partition coefficient (Wildman–Crippen LogP) is 2.87. The molecule has 1 aliphatic heterocycles. The highest BCUT2D eigenvalue weighted by atomic mass is 32.1. The summed E-state index contributed by atoms with van der Waals surface area (Å²) in [5.74, 6) is -1.14. The first-order valence-electron chi connectivity index (χ1n) is 8.76. The lowest BCUT2D eigenvalue weighted by Gasteiger charge is -2.37. The summed E-state index contributed by atoms with van der Waals surface area (Å²) in [4.78, 5) is 7.15. The molecule has 160 valence electrons. The summed E-state index contributed by atoms with van der Waals surface area (Å²) in [7, 11) is 0. The summed E-state index contributed by atoms with van der Waals surface area (Å²) in [5.41, 5.74) is 6.68. The molecule has 3 N–H and O–H groups in total. The molecule has 0 amide bonds. The maximum atomic E-state index is 14.5. The molecule has 2 aromatic rings. The Hall–Kier alpha value is -3.02. The summed E-state index contributed by atoms with van der Waals surface area (Å²) in [6.07, 6.45) is -2.50. The smallest absolute Gasteiger partial charge is 0.375 e. The number of piperazine rings is 1. The van der Waals surface area contributed by atoms with E-state index in [1.807, 2.05) is 0 Å². The second-order valence-electron chi connectivity index (χ2n) is 6.44. The molecule has 1 aromatic carbocycles. The predicted molar refractivity (Wildman–Crippen MR) is 108 cm³/mol. The number of hydrogen-bond acceptors (Lipinski definition) is 5. The van der Waals surface area contributed by atoms with Gasteiger partial charge in [-0.3, -0.25) is 5.43 Å². The average Bonchev–Trinajstić information content (AvgIpc) is 2.67. The van der Waals surface area contributed by atoms with E-state index in [1.54, 1.807) is 9.80 Å². The molecule has 0 atom stereocenters. The Morgan fingerprint density at radius 2 is 1.70 bits per heavy atom. The van der Waals surface area contributed by atoms with Crippen molar-refractivity contribution in [1.29, 1.82) is 0 Å². The van der Waals surface area contributed by atoms with Crippen LogP contribution < -0.4 is 21.0 Å². The van der Waals surface area contributed by atoms with Gasteiger partial charge in [-0.1, -0.05) is 0 Å². The number of hydrogen-bond donors (Lipinski definition) is 2. The van der Waals surface area contributed by atoms with Crippen LogP contribution in [0.15, 0.2) is 35.6 Å². The van der Waals surface area contributed by atoms with Gasteiger partial charge in [-0.25, -0.2) is 13.8 Å². The van der Waals surface area contributed by atoms with Gasteiger partial charge < -0.3 is 15.5 Å². The summed E-state index contributed by atoms with van der Waals surface area (Å²) in [5, 5.41) is 3.58. The van der Waals surface area contributed by atoms with Crippen LogP contribution >= 0.6 is 12.2 Å². The molecule has 0 unspecified atom stereocenters. The molecule has 12 heteroatoms. The number of halogens is 5. The highest BCUT2D eigenvalue weighted by Gasteiger charge is 2.31. The first kappa shape index (κ1) is 21.7. The van der Waals surface area contributed by atoms with Crippen LogP contribution in [0, 0.1) is 11.6 Å². The van der Waals surface area contributed by atoms with E-state index in [-0.39, 0.29) is 29.5 Å². The first-order chi connectivity index (χ1) is 14.1. The van der Waals surface area contributed by atoms with E-state index in [0.29, 0.717) is 18.9 Å². The number of hydrazone groups is 1. The second kappa shape index (κ2) is 8.78. The Morgan fingerprint density at radius 1 is 1.10 bits per heavy atom. The van der Waals surface area contributed by atoms with Crippen LogP contribution in [0.5, 0.6) is 0 Å². The average molecular weight is 444 g/mol. The molecule has 0 spiro atoms. The molecule has 0 saturated carbocycles. The number of anilines is 2. The maximum absolute atomic E-state index is 14.5. The zero-order valence-corrected chi connectivity index (χ0v) is 16.3. The quantitative estimate of drug-likeness (QED) is 0.327. The third-order valence-electron chi connectivity index (χ3n) is 4.42. The van der Waals surface area contributed by atoms with Crippen LogP contribution in [-0.2, 0) is 6.18 Å². The van der Waals surface area contributed by atoms with Crippen molar-refractivity contribution in [3.8, 4) is 0 Å². The van der Waals surface area contributed by atoms with Crippen molar-refractivity contribution in [2.75, 3.05) is 36.0 Å². The van der Waals surface area contributed by atoms with E-state index in [4.69, 9.17) is 5.73 Å². The number of nitrogens with zero attached hydrogens (tertiary/aromatic N) is 4. The molecular weight excluding hydrogens is 427 g/mol. The third-order valence-corrected chi connectivity index (χ3v) is 4.51. The lowest BCUT2D eigenvalue weighted by molar-refractivity contribution is -0.137. The van der Waals surface area contributed by atoms with Gasteiger partial charge in [0.2, 0.25) is 0 Å². The lowest BCUT2D eigenvalue weighted by atomic mass is 10.1. The number of benzene rings is 1. The van der Waals surface area contributed by atoms with Gasteiger partial charge in [0, 0.05) is 37.9 Å². The van der Waals surface area contributed by atoms with Crippen molar-refractivity contribution in [3.63, 3.8) is 0 Å². The monoisotopic (exact) mass is 444 g/mol. The number of nitrogens with two attached hydrogens (primary N) is 1. The molecule has 1 saturated heterocycles. The molecule has 2 heterocycles. The minimum Gasteiger partial charge on any atom is -0.375 e. The zero-order valence-electron chi connectivity index (χ0n) is 15.5. The van der Waals surface area contributed by atoms with Gasteiger partial charge in [0.1, 0.15) is 23.1 Å². The third kappa shape index (κ3) is 5.12. The summed E-state index contributed by atoms with van der Waals surface area (Å²) in [6, 6.07) is 4.51. The fourth-order valence-electron chi connectivity index (χ4n) is 3.03. The van der Waals surface area contributed by atoms with Crippen molar-refractivity contribution < 1.29 is 22.0 Å². The van der Waals surface area contributed by atoms with E-state index >= 15 is 0 Å². The van der Waals surface area contributed by atoms with E-state index in [2.05, 4.69) is 27.7 Å². The van der Waals surface area contributed by atoms with Gasteiger partial charge in [0.25, 0.3) is 0 Å². The largest absolute Gasteiger partial charge is 0.417 e. The molecule has 6 nitrogen and oxygen atoms in total. The van der Waals surface area contributed by atoms with E-state index in [9.17, 15) is 22.0 Å². The molecule has 1 aromatic heterocycles. The number of aromatic nitrogens is 1. The molecule has 1 fully saturated rings. The van der Waals surface area contributed by atoms with Gasteiger partial charge in [-0.05, 0) is 36.5 Å². The van der Waals surface area contributed by atoms with Crippen molar-refractivity contribution in [3.05, 3.63) is 53.2 Å². The molecular formula is C18H17F5N6S. The Balaban J connectivity index is 1.67. The minimum atomic E-state index is -4.46. The molecule has 30 heavy (non-hydrogen) atoms. The summed E-state index contributed by atoms with van der Waals surface area (Å²) < 4.78 is 67.0. The SMILES string of the molecule is NC(=S)NN=Cc1cc(F)c(N2CCN(c3ccc(C(F)(F)F)cn3)CC2)c(F)c1. The van der Waals surface area contributed by atoms with Crippen molar-refractivity contribution >= 4 is 35.1 Å². The van der Waals surface area contributed by atoms with Gasteiger partial charge in [-0.15, -0.1) is 0 Å². The van der Waals surface area contributed by atoms with Gasteiger partial charge in [-0.2, -0.15) is 18.3 Å². The lowest BCUT2D eigenvalue weighted by Crippen LogP contribution is -2.47. The van der Waals surface area contributed by atoms with E-state index < -0.39 is 23.4 Å². The maximum Gasteiger partial charge on any atom is 0.417 e. The fraction of sp³-hybridized carbons (Fsp3) is 0.278. The first-order valence-corrected chi connectivity index (χ1v) is 9.16. The van der Waals surface area contributed by atoms with Crippen molar-refractivity contribution in [1.82, 2.24) is 10.4 Å².